The number of aryl methyl sites for hydroxylation is 1. The van der Waals surface area contributed by atoms with Gasteiger partial charge in [-0.25, -0.2) is 9.59 Å². The number of nitrogens with zero attached hydrogens (tertiary/aromatic N) is 4. The van der Waals surface area contributed by atoms with Crippen LogP contribution in [0.2, 0.25) is 0 Å². The molecule has 1 saturated heterocycles. The van der Waals surface area contributed by atoms with E-state index in [1.807, 2.05) is 0 Å². The Balaban J connectivity index is 1.94. The van der Waals surface area contributed by atoms with Gasteiger partial charge in [0.2, 0.25) is 0 Å². The molecule has 1 amide bonds. The van der Waals surface area contributed by atoms with Gasteiger partial charge in [0.05, 0.1) is 18.5 Å². The smallest absolute Gasteiger partial charge is 0.409 e. The lowest BCUT2D eigenvalue weighted by Crippen LogP contribution is -2.48. The number of carboxylic acids is 1. The zero-order valence-corrected chi connectivity index (χ0v) is 12.3. The van der Waals surface area contributed by atoms with Crippen molar-refractivity contribution in [2.75, 3.05) is 32.8 Å². The van der Waals surface area contributed by atoms with E-state index in [0.29, 0.717) is 45.0 Å². The molecule has 2 rings (SSSR count). The van der Waals surface area contributed by atoms with Crippen molar-refractivity contribution in [2.24, 2.45) is 7.05 Å². The second-order valence-electron chi connectivity index (χ2n) is 4.90. The molecule has 8 heteroatoms. The minimum absolute atomic E-state index is 0.227. The van der Waals surface area contributed by atoms with Crippen molar-refractivity contribution in [3.05, 3.63) is 17.5 Å². The van der Waals surface area contributed by atoms with Gasteiger partial charge in [-0.3, -0.25) is 9.58 Å². The fourth-order valence-electron chi connectivity index (χ4n) is 2.34. The second kappa shape index (κ2) is 6.57. The summed E-state index contributed by atoms with van der Waals surface area (Å²) in [6.07, 6.45) is 1.08. The number of ether oxygens (including phenoxy) is 1. The van der Waals surface area contributed by atoms with E-state index in [0.717, 1.165) is 0 Å². The molecule has 21 heavy (non-hydrogen) atoms. The SMILES string of the molecule is CCOC(=O)N1CCN(Cc2c(C(=O)O)cnn2C)CC1. The van der Waals surface area contributed by atoms with Crippen LogP contribution in [-0.2, 0) is 18.3 Å². The number of aromatic nitrogens is 2. The van der Waals surface area contributed by atoms with E-state index in [-0.39, 0.29) is 11.7 Å². The molecule has 1 aromatic rings. The van der Waals surface area contributed by atoms with Crippen molar-refractivity contribution in [3.8, 4) is 0 Å². The maximum atomic E-state index is 11.6. The summed E-state index contributed by atoms with van der Waals surface area (Å²) >= 11 is 0. The molecule has 0 spiro atoms. The van der Waals surface area contributed by atoms with Crippen molar-refractivity contribution in [3.63, 3.8) is 0 Å². The normalized spacial score (nSPS) is 16.0. The Kier molecular flexibility index (Phi) is 4.79. The first-order chi connectivity index (χ1) is 10.0. The topological polar surface area (TPSA) is 87.9 Å². The summed E-state index contributed by atoms with van der Waals surface area (Å²) in [5.41, 5.74) is 0.900. The third-order valence-corrected chi connectivity index (χ3v) is 3.56. The first kappa shape index (κ1) is 15.3. The van der Waals surface area contributed by atoms with Crippen LogP contribution in [0.1, 0.15) is 23.0 Å². The van der Waals surface area contributed by atoms with Gasteiger partial charge in [0.15, 0.2) is 0 Å². The molecule has 1 aliphatic rings. The molecule has 1 aliphatic heterocycles. The number of carbonyl (C=O) groups excluding carboxylic acids is 1. The molecule has 1 fully saturated rings. The molecule has 1 aromatic heterocycles. The Morgan fingerprint density at radius 3 is 2.57 bits per heavy atom. The molecule has 0 atom stereocenters. The largest absolute Gasteiger partial charge is 0.478 e. The molecule has 116 valence electrons. The minimum atomic E-state index is -0.969. The molecular weight excluding hydrogens is 276 g/mol. The highest BCUT2D eigenvalue weighted by atomic mass is 16.6. The quantitative estimate of drug-likeness (QED) is 0.865. The van der Waals surface area contributed by atoms with Crippen molar-refractivity contribution in [1.29, 1.82) is 0 Å². The first-order valence-corrected chi connectivity index (χ1v) is 6.91. The Hall–Kier alpha value is -2.09. The van der Waals surface area contributed by atoms with Gasteiger partial charge in [-0.1, -0.05) is 0 Å². The third kappa shape index (κ3) is 3.52. The lowest BCUT2D eigenvalue weighted by Gasteiger charge is -2.34. The van der Waals surface area contributed by atoms with Crippen LogP contribution in [0.5, 0.6) is 0 Å². The monoisotopic (exact) mass is 296 g/mol. The van der Waals surface area contributed by atoms with Crippen LogP contribution in [0.25, 0.3) is 0 Å². The van der Waals surface area contributed by atoms with E-state index < -0.39 is 5.97 Å². The van der Waals surface area contributed by atoms with E-state index in [2.05, 4.69) is 10.00 Å². The van der Waals surface area contributed by atoms with Crippen molar-refractivity contribution in [1.82, 2.24) is 19.6 Å². The van der Waals surface area contributed by atoms with Gasteiger partial charge >= 0.3 is 12.1 Å². The van der Waals surface area contributed by atoms with Crippen LogP contribution < -0.4 is 0 Å². The summed E-state index contributed by atoms with van der Waals surface area (Å²) in [5, 5.41) is 13.1. The predicted octanol–water partition coefficient (Wildman–Crippen LogP) is 0.392. The van der Waals surface area contributed by atoms with Crippen LogP contribution >= 0.6 is 0 Å². The summed E-state index contributed by atoms with van der Waals surface area (Å²) in [5.74, 6) is -0.969. The molecule has 0 aliphatic carbocycles. The number of amides is 1. The van der Waals surface area contributed by atoms with Crippen molar-refractivity contribution < 1.29 is 19.4 Å². The summed E-state index contributed by atoms with van der Waals surface area (Å²) < 4.78 is 6.55. The number of aromatic carboxylic acids is 1. The van der Waals surface area contributed by atoms with Gasteiger partial charge in [0, 0.05) is 39.8 Å². The van der Waals surface area contributed by atoms with Crippen LogP contribution in [0.3, 0.4) is 0 Å². The van der Waals surface area contributed by atoms with E-state index in [1.165, 1.54) is 6.20 Å². The summed E-state index contributed by atoms with van der Waals surface area (Å²) in [6, 6.07) is 0. The molecule has 8 nitrogen and oxygen atoms in total. The molecular formula is C13H20N4O4. The van der Waals surface area contributed by atoms with E-state index in [1.54, 1.807) is 23.6 Å². The first-order valence-electron chi connectivity index (χ1n) is 6.91. The van der Waals surface area contributed by atoms with Gasteiger partial charge in [-0.05, 0) is 6.92 Å². The lowest BCUT2D eigenvalue weighted by molar-refractivity contribution is 0.0690. The predicted molar refractivity (Wildman–Crippen MR) is 74.0 cm³/mol. The minimum Gasteiger partial charge on any atom is -0.478 e. The summed E-state index contributed by atoms with van der Waals surface area (Å²) in [6.45, 7) is 5.19. The Morgan fingerprint density at radius 1 is 1.33 bits per heavy atom. The Bertz CT molecular complexity index is 520. The standard InChI is InChI=1S/C13H20N4O4/c1-3-21-13(20)17-6-4-16(5-7-17)9-11-10(12(18)19)8-14-15(11)2/h8H,3-7,9H2,1-2H3,(H,18,19). The van der Waals surface area contributed by atoms with Crippen molar-refractivity contribution >= 4 is 12.1 Å². The number of hydrogen-bond acceptors (Lipinski definition) is 5. The molecule has 0 radical (unpaired) electrons. The van der Waals surface area contributed by atoms with Crippen LogP contribution in [0, 0.1) is 0 Å². The summed E-state index contributed by atoms with van der Waals surface area (Å²) in [4.78, 5) is 26.5. The summed E-state index contributed by atoms with van der Waals surface area (Å²) in [7, 11) is 1.73. The molecule has 0 saturated carbocycles. The van der Waals surface area contributed by atoms with Gasteiger partial charge in [-0.15, -0.1) is 0 Å². The Morgan fingerprint density at radius 2 is 2.00 bits per heavy atom. The maximum Gasteiger partial charge on any atom is 0.409 e. The van der Waals surface area contributed by atoms with Gasteiger partial charge < -0.3 is 14.7 Å². The van der Waals surface area contributed by atoms with Gasteiger partial charge in [0.1, 0.15) is 5.56 Å². The maximum absolute atomic E-state index is 11.6. The fourth-order valence-corrected chi connectivity index (χ4v) is 2.34. The third-order valence-electron chi connectivity index (χ3n) is 3.56. The lowest BCUT2D eigenvalue weighted by atomic mass is 10.2. The second-order valence-corrected chi connectivity index (χ2v) is 4.90. The average molecular weight is 296 g/mol. The zero-order valence-electron chi connectivity index (χ0n) is 12.3. The van der Waals surface area contributed by atoms with E-state index in [9.17, 15) is 9.59 Å². The molecule has 0 unspecified atom stereocenters. The highest BCUT2D eigenvalue weighted by Crippen LogP contribution is 2.13. The number of rotatable bonds is 4. The Labute approximate surface area is 122 Å². The zero-order chi connectivity index (χ0) is 15.4. The molecule has 2 heterocycles. The molecule has 0 bridgehead atoms. The number of carboxylic acid groups (broad SMARTS) is 1. The highest BCUT2D eigenvalue weighted by Gasteiger charge is 2.24. The molecule has 0 aromatic carbocycles. The van der Waals surface area contributed by atoms with Crippen LogP contribution in [-0.4, -0.2) is 69.5 Å². The number of carbonyl (C=O) groups is 2. The number of piperazine rings is 1. The van der Waals surface area contributed by atoms with E-state index in [4.69, 9.17) is 9.84 Å². The fraction of sp³-hybridized carbons (Fsp3) is 0.615. The van der Waals surface area contributed by atoms with Crippen LogP contribution in [0.4, 0.5) is 4.79 Å². The van der Waals surface area contributed by atoms with Crippen molar-refractivity contribution in [2.45, 2.75) is 13.5 Å². The van der Waals surface area contributed by atoms with Crippen LogP contribution in [0.15, 0.2) is 6.20 Å². The molecule has 1 N–H and O–H groups in total. The average Bonchev–Trinajstić information content (AvgIpc) is 2.81. The van der Waals surface area contributed by atoms with E-state index >= 15 is 0 Å². The highest BCUT2D eigenvalue weighted by molar-refractivity contribution is 5.88. The van der Waals surface area contributed by atoms with Gasteiger partial charge in [0.25, 0.3) is 0 Å². The van der Waals surface area contributed by atoms with Gasteiger partial charge in [-0.2, -0.15) is 5.10 Å². The number of hydrogen-bond donors (Lipinski definition) is 1.